The Bertz CT molecular complexity index is 1160. The molecule has 34 heavy (non-hydrogen) atoms. The quantitative estimate of drug-likeness (QED) is 0.437. The lowest BCUT2D eigenvalue weighted by Crippen LogP contribution is -2.44. The number of hydrogen-bond donors (Lipinski definition) is 2. The lowest BCUT2D eigenvalue weighted by molar-refractivity contribution is -0.152. The van der Waals surface area contributed by atoms with Crippen LogP contribution in [0, 0.1) is 23.1 Å². The Morgan fingerprint density at radius 3 is 2.56 bits per heavy atom. The van der Waals surface area contributed by atoms with E-state index >= 15 is 0 Å². The molecule has 0 saturated carbocycles. The zero-order valence-electron chi connectivity index (χ0n) is 18.5. The van der Waals surface area contributed by atoms with Gasteiger partial charge >= 0.3 is 5.97 Å². The topological polar surface area (TPSA) is 118 Å². The summed E-state index contributed by atoms with van der Waals surface area (Å²) in [6, 6.07) is 14.1. The standard InChI is InChI=1S/C24H22FN3O5S/c1-3-33-24(31)21-20(16-6-4-5-7-18(16)32-2)17(12-26)23(28-22(21)30)34-13-19(29)27-15-10-8-14(25)9-11-15/h4-11,20-21H,3,13H2,1-2H3,(H,27,29)(H,28,30)/t20-,21+/m0/s1. The average Bonchev–Trinajstić information content (AvgIpc) is 2.83. The Morgan fingerprint density at radius 1 is 1.21 bits per heavy atom. The summed E-state index contributed by atoms with van der Waals surface area (Å²) in [6.07, 6.45) is 0. The van der Waals surface area contributed by atoms with Gasteiger partial charge in [0.05, 0.1) is 36.1 Å². The number of esters is 1. The first-order valence-electron chi connectivity index (χ1n) is 10.3. The maximum absolute atomic E-state index is 13.1. The van der Waals surface area contributed by atoms with Crippen LogP contribution in [0.2, 0.25) is 0 Å². The molecule has 1 aliphatic rings. The molecule has 2 atom stereocenters. The number of amides is 2. The summed E-state index contributed by atoms with van der Waals surface area (Å²) in [5.74, 6) is -4.25. The van der Waals surface area contributed by atoms with Crippen LogP contribution in [0.25, 0.3) is 0 Å². The molecule has 0 radical (unpaired) electrons. The van der Waals surface area contributed by atoms with E-state index in [9.17, 15) is 24.0 Å². The number of thioether (sulfide) groups is 1. The van der Waals surface area contributed by atoms with Crippen LogP contribution >= 0.6 is 11.8 Å². The third-order valence-corrected chi connectivity index (χ3v) is 6.04. The van der Waals surface area contributed by atoms with Crippen molar-refractivity contribution in [2.75, 3.05) is 24.8 Å². The van der Waals surface area contributed by atoms with E-state index in [-0.39, 0.29) is 23.0 Å². The molecule has 0 unspecified atom stereocenters. The number of nitrogens with one attached hydrogen (secondary N) is 2. The van der Waals surface area contributed by atoms with Crippen LogP contribution in [-0.2, 0) is 19.1 Å². The lowest BCUT2D eigenvalue weighted by atomic mass is 9.78. The summed E-state index contributed by atoms with van der Waals surface area (Å²) in [5.41, 5.74) is 0.994. The number of carbonyl (C=O) groups excluding carboxylic acids is 3. The second kappa shape index (κ2) is 11.3. The van der Waals surface area contributed by atoms with Gasteiger partial charge in [0.1, 0.15) is 17.5 Å². The minimum absolute atomic E-state index is 0.0675. The van der Waals surface area contributed by atoms with Crippen molar-refractivity contribution in [1.82, 2.24) is 5.32 Å². The number of methoxy groups -OCH3 is 1. The molecular weight excluding hydrogens is 461 g/mol. The predicted molar refractivity (Wildman–Crippen MR) is 124 cm³/mol. The van der Waals surface area contributed by atoms with E-state index in [0.29, 0.717) is 17.0 Å². The summed E-state index contributed by atoms with van der Waals surface area (Å²) in [5, 5.41) is 15.4. The molecule has 1 heterocycles. The third kappa shape index (κ3) is 5.55. The van der Waals surface area contributed by atoms with Crippen LogP contribution in [-0.4, -0.2) is 37.3 Å². The molecule has 0 aliphatic carbocycles. The highest BCUT2D eigenvalue weighted by atomic mass is 32.2. The number of carbonyl (C=O) groups is 3. The number of allylic oxidation sites excluding steroid dienone is 1. The number of nitrogens with zero attached hydrogens (tertiary/aromatic N) is 1. The van der Waals surface area contributed by atoms with Gasteiger partial charge < -0.3 is 20.1 Å². The largest absolute Gasteiger partial charge is 0.496 e. The minimum atomic E-state index is -1.30. The summed E-state index contributed by atoms with van der Waals surface area (Å²) in [7, 11) is 1.45. The summed E-state index contributed by atoms with van der Waals surface area (Å²) in [4.78, 5) is 38.1. The van der Waals surface area contributed by atoms with Gasteiger partial charge in [-0.1, -0.05) is 30.0 Å². The number of para-hydroxylation sites is 1. The fourth-order valence-corrected chi connectivity index (χ4v) is 4.40. The third-order valence-electron chi connectivity index (χ3n) is 5.02. The Balaban J connectivity index is 1.93. The molecular formula is C24H22FN3O5S. The van der Waals surface area contributed by atoms with Crippen molar-refractivity contribution in [3.05, 3.63) is 70.5 Å². The predicted octanol–water partition coefficient (Wildman–Crippen LogP) is 3.33. The lowest BCUT2D eigenvalue weighted by Gasteiger charge is -2.31. The zero-order valence-corrected chi connectivity index (χ0v) is 19.3. The first kappa shape index (κ1) is 24.8. The highest BCUT2D eigenvalue weighted by Gasteiger charge is 2.45. The molecule has 0 aromatic heterocycles. The van der Waals surface area contributed by atoms with Gasteiger partial charge in [-0.05, 0) is 37.3 Å². The van der Waals surface area contributed by atoms with Crippen LogP contribution in [0.4, 0.5) is 10.1 Å². The van der Waals surface area contributed by atoms with E-state index < -0.39 is 35.4 Å². The molecule has 0 saturated heterocycles. The normalized spacial score (nSPS) is 17.4. The molecule has 2 aromatic rings. The number of benzene rings is 2. The second-order valence-electron chi connectivity index (χ2n) is 7.14. The Morgan fingerprint density at radius 2 is 1.91 bits per heavy atom. The monoisotopic (exact) mass is 483 g/mol. The minimum Gasteiger partial charge on any atom is -0.496 e. The van der Waals surface area contributed by atoms with Gasteiger partial charge in [0.15, 0.2) is 0 Å². The Kier molecular flexibility index (Phi) is 8.27. The SMILES string of the molecule is CCOC(=O)[C@H]1C(=O)NC(SCC(=O)Nc2ccc(F)cc2)=C(C#N)[C@@H]1c1ccccc1OC. The maximum atomic E-state index is 13.1. The first-order chi connectivity index (χ1) is 16.4. The zero-order chi connectivity index (χ0) is 24.7. The van der Waals surface area contributed by atoms with Crippen molar-refractivity contribution in [2.24, 2.45) is 5.92 Å². The smallest absolute Gasteiger partial charge is 0.319 e. The van der Waals surface area contributed by atoms with Crippen molar-refractivity contribution < 1.29 is 28.2 Å². The molecule has 2 amide bonds. The maximum Gasteiger partial charge on any atom is 0.319 e. The van der Waals surface area contributed by atoms with Crippen molar-refractivity contribution in [3.8, 4) is 11.8 Å². The number of rotatable bonds is 8. The number of nitriles is 1. The summed E-state index contributed by atoms with van der Waals surface area (Å²) < 4.78 is 23.6. The molecule has 0 bridgehead atoms. The first-order valence-corrected chi connectivity index (χ1v) is 11.3. The average molecular weight is 484 g/mol. The van der Waals surface area contributed by atoms with E-state index in [4.69, 9.17) is 9.47 Å². The van der Waals surface area contributed by atoms with Gasteiger partial charge in [-0.2, -0.15) is 5.26 Å². The van der Waals surface area contributed by atoms with Crippen LogP contribution in [0.5, 0.6) is 5.75 Å². The van der Waals surface area contributed by atoms with Gasteiger partial charge in [-0.15, -0.1) is 0 Å². The van der Waals surface area contributed by atoms with Gasteiger partial charge in [0, 0.05) is 17.2 Å². The molecule has 0 fully saturated rings. The highest BCUT2D eigenvalue weighted by Crippen LogP contribution is 2.43. The molecule has 8 nitrogen and oxygen atoms in total. The van der Waals surface area contributed by atoms with Gasteiger partial charge in [-0.25, -0.2) is 4.39 Å². The number of halogens is 1. The van der Waals surface area contributed by atoms with Gasteiger partial charge in [-0.3, -0.25) is 14.4 Å². The van der Waals surface area contributed by atoms with E-state index in [0.717, 1.165) is 11.8 Å². The van der Waals surface area contributed by atoms with E-state index in [1.165, 1.54) is 31.4 Å². The van der Waals surface area contributed by atoms with E-state index in [1.54, 1.807) is 31.2 Å². The Labute approximate surface area is 200 Å². The number of hydrogen-bond acceptors (Lipinski definition) is 7. The molecule has 1 aliphatic heterocycles. The van der Waals surface area contributed by atoms with Crippen LogP contribution in [0.15, 0.2) is 59.1 Å². The van der Waals surface area contributed by atoms with Crippen molar-refractivity contribution in [1.29, 1.82) is 5.26 Å². The van der Waals surface area contributed by atoms with Crippen molar-refractivity contribution in [2.45, 2.75) is 12.8 Å². The molecule has 2 aromatic carbocycles. The van der Waals surface area contributed by atoms with Crippen LogP contribution in [0.3, 0.4) is 0 Å². The highest BCUT2D eigenvalue weighted by molar-refractivity contribution is 8.03. The fraction of sp³-hybridized carbons (Fsp3) is 0.250. The molecule has 10 heteroatoms. The van der Waals surface area contributed by atoms with E-state index in [1.807, 2.05) is 0 Å². The van der Waals surface area contributed by atoms with Gasteiger partial charge in [0.2, 0.25) is 11.8 Å². The summed E-state index contributed by atoms with van der Waals surface area (Å²) in [6.45, 7) is 1.69. The number of ether oxygens (including phenoxy) is 2. The molecule has 0 spiro atoms. The Hall–Kier alpha value is -3.84. The van der Waals surface area contributed by atoms with Crippen LogP contribution < -0.4 is 15.4 Å². The van der Waals surface area contributed by atoms with Gasteiger partial charge in [0.25, 0.3) is 0 Å². The van der Waals surface area contributed by atoms with E-state index in [2.05, 4.69) is 16.7 Å². The van der Waals surface area contributed by atoms with Crippen LogP contribution in [0.1, 0.15) is 18.4 Å². The van der Waals surface area contributed by atoms with Crippen molar-refractivity contribution >= 4 is 35.2 Å². The van der Waals surface area contributed by atoms with Crippen molar-refractivity contribution in [3.63, 3.8) is 0 Å². The number of anilines is 1. The summed E-state index contributed by atoms with van der Waals surface area (Å²) >= 11 is 0.949. The fourth-order valence-electron chi connectivity index (χ4n) is 3.55. The molecule has 2 N–H and O–H groups in total. The second-order valence-corrected chi connectivity index (χ2v) is 8.12. The molecule has 3 rings (SSSR count). The molecule has 176 valence electrons.